The lowest BCUT2D eigenvalue weighted by atomic mass is 10.2. The number of hydrogen-bond acceptors (Lipinski definition) is 1. The predicted molar refractivity (Wildman–Crippen MR) is 63.7 cm³/mol. The minimum Gasteiger partial charge on any atom is -0.512 e. The second-order valence-corrected chi connectivity index (χ2v) is 4.65. The molecule has 0 amide bonds. The van der Waals surface area contributed by atoms with E-state index in [1.54, 1.807) is 0 Å². The number of quaternary nitrogens is 1. The normalized spacial score (nSPS) is 18.1. The largest absolute Gasteiger partial charge is 0.512 e. The van der Waals surface area contributed by atoms with Gasteiger partial charge in [0, 0.05) is 12.8 Å². The molecule has 0 spiro atoms. The van der Waals surface area contributed by atoms with E-state index in [1.807, 2.05) is 0 Å². The standard InChI is InChI=1S/C12H26N.CN/c1-3-5-6-10-13(9-4-2)11-7-8-12-13;1-2/h3-12H2,1-2H3;/q+1;-1. The first-order chi connectivity index (χ1) is 7.33. The van der Waals surface area contributed by atoms with E-state index < -0.39 is 0 Å². The van der Waals surface area contributed by atoms with Gasteiger partial charge in [-0.15, -0.1) is 0 Å². The van der Waals surface area contributed by atoms with Gasteiger partial charge in [-0.3, -0.25) is 0 Å². The molecule has 1 aliphatic rings. The highest BCUT2D eigenvalue weighted by Crippen LogP contribution is 2.21. The fraction of sp³-hybridized carbons (Fsp3) is 0.923. The molecule has 1 fully saturated rings. The van der Waals surface area contributed by atoms with Crippen LogP contribution in [0.5, 0.6) is 0 Å². The molecule has 2 nitrogen and oxygen atoms in total. The van der Waals surface area contributed by atoms with Gasteiger partial charge in [0.15, 0.2) is 0 Å². The maximum absolute atomic E-state index is 6.25. The van der Waals surface area contributed by atoms with Crippen molar-refractivity contribution in [2.45, 2.75) is 52.4 Å². The van der Waals surface area contributed by atoms with Crippen LogP contribution in [-0.4, -0.2) is 30.7 Å². The first-order valence-corrected chi connectivity index (χ1v) is 6.40. The van der Waals surface area contributed by atoms with Crippen LogP contribution < -0.4 is 0 Å². The number of likely N-dealkylation sites (tertiary alicyclic amines) is 1. The van der Waals surface area contributed by atoms with E-state index in [4.69, 9.17) is 11.8 Å². The maximum atomic E-state index is 6.25. The van der Waals surface area contributed by atoms with Crippen LogP contribution in [0.1, 0.15) is 52.4 Å². The van der Waals surface area contributed by atoms with Crippen molar-refractivity contribution in [3.63, 3.8) is 0 Å². The van der Waals surface area contributed by atoms with Gasteiger partial charge in [0.1, 0.15) is 0 Å². The summed E-state index contributed by atoms with van der Waals surface area (Å²) in [6.45, 7) is 15.2. The van der Waals surface area contributed by atoms with Gasteiger partial charge in [-0.2, -0.15) is 0 Å². The Morgan fingerprint density at radius 3 is 2.00 bits per heavy atom. The van der Waals surface area contributed by atoms with Crippen molar-refractivity contribution in [2.24, 2.45) is 0 Å². The van der Waals surface area contributed by atoms with Crippen molar-refractivity contribution < 1.29 is 4.48 Å². The van der Waals surface area contributed by atoms with Crippen LogP contribution in [0.25, 0.3) is 0 Å². The molecule has 15 heavy (non-hydrogen) atoms. The van der Waals surface area contributed by atoms with Crippen molar-refractivity contribution in [1.82, 2.24) is 0 Å². The third-order valence-corrected chi connectivity index (χ3v) is 3.45. The Labute approximate surface area is 95.5 Å². The first-order valence-electron chi connectivity index (χ1n) is 6.40. The zero-order chi connectivity index (χ0) is 11.6. The van der Waals surface area contributed by atoms with E-state index in [1.165, 1.54) is 69.2 Å². The van der Waals surface area contributed by atoms with Crippen LogP contribution in [-0.2, 0) is 0 Å². The quantitative estimate of drug-likeness (QED) is 0.375. The molecule has 0 saturated carbocycles. The third kappa shape index (κ3) is 5.18. The molecule has 0 unspecified atom stereocenters. The van der Waals surface area contributed by atoms with E-state index in [-0.39, 0.29) is 0 Å². The second kappa shape index (κ2) is 8.73. The zero-order valence-electron chi connectivity index (χ0n) is 10.5. The predicted octanol–water partition coefficient (Wildman–Crippen LogP) is 3.29. The minimum absolute atomic E-state index is 1.37. The molecule has 1 saturated heterocycles. The van der Waals surface area contributed by atoms with Gasteiger partial charge in [0.2, 0.25) is 0 Å². The van der Waals surface area contributed by atoms with E-state index in [0.717, 1.165) is 0 Å². The SMILES string of the molecule is CCCCC[N+]1(CCC)CCCC1.[C-]#N. The summed E-state index contributed by atoms with van der Waals surface area (Å²) in [6.07, 6.45) is 8.58. The molecular formula is C13H26N2. The smallest absolute Gasteiger partial charge is 0.0788 e. The van der Waals surface area contributed by atoms with Crippen LogP contribution >= 0.6 is 0 Å². The average Bonchev–Trinajstić information content (AvgIpc) is 2.71. The summed E-state index contributed by atoms with van der Waals surface area (Å²) in [7, 11) is 0. The molecule has 88 valence electrons. The maximum Gasteiger partial charge on any atom is 0.0788 e. The van der Waals surface area contributed by atoms with Crippen LogP contribution in [0.2, 0.25) is 0 Å². The van der Waals surface area contributed by atoms with Gasteiger partial charge in [0.05, 0.1) is 26.2 Å². The lowest BCUT2D eigenvalue weighted by molar-refractivity contribution is -0.917. The molecule has 0 radical (unpaired) electrons. The zero-order valence-corrected chi connectivity index (χ0v) is 10.5. The molecule has 2 heteroatoms. The highest BCUT2D eigenvalue weighted by Gasteiger charge is 2.29. The average molecular weight is 210 g/mol. The number of rotatable bonds is 6. The Balaban J connectivity index is 0.000000921. The lowest BCUT2D eigenvalue weighted by Crippen LogP contribution is -2.46. The van der Waals surface area contributed by atoms with Gasteiger partial charge in [-0.1, -0.05) is 20.3 Å². The van der Waals surface area contributed by atoms with E-state index in [2.05, 4.69) is 13.8 Å². The first kappa shape index (κ1) is 14.5. The molecule has 1 aliphatic heterocycles. The van der Waals surface area contributed by atoms with Crippen molar-refractivity contribution >= 4 is 0 Å². The molecule has 0 bridgehead atoms. The van der Waals surface area contributed by atoms with Crippen molar-refractivity contribution in [3.05, 3.63) is 6.57 Å². The van der Waals surface area contributed by atoms with Gasteiger partial charge < -0.3 is 16.3 Å². The summed E-state index contributed by atoms with van der Waals surface area (Å²) in [5.74, 6) is 0. The van der Waals surface area contributed by atoms with Crippen molar-refractivity contribution in [1.29, 1.82) is 5.26 Å². The Morgan fingerprint density at radius 2 is 1.53 bits per heavy atom. The van der Waals surface area contributed by atoms with Crippen molar-refractivity contribution in [3.8, 4) is 0 Å². The van der Waals surface area contributed by atoms with Gasteiger partial charge in [-0.05, 0) is 19.3 Å². The minimum atomic E-state index is 1.37. The summed E-state index contributed by atoms with van der Waals surface area (Å²) in [6, 6.07) is 0. The Bertz CT molecular complexity index is 157. The summed E-state index contributed by atoms with van der Waals surface area (Å²) >= 11 is 0. The molecule has 0 N–H and O–H groups in total. The van der Waals surface area contributed by atoms with Crippen LogP contribution in [0.4, 0.5) is 0 Å². The molecule has 1 heterocycles. The lowest BCUT2D eigenvalue weighted by Gasteiger charge is -2.34. The molecule has 1 rings (SSSR count). The van der Waals surface area contributed by atoms with Gasteiger partial charge in [-0.25, -0.2) is 0 Å². The van der Waals surface area contributed by atoms with Gasteiger partial charge >= 0.3 is 0 Å². The topological polar surface area (TPSA) is 23.8 Å². The molecule has 0 aromatic carbocycles. The Kier molecular flexibility index (Phi) is 8.41. The van der Waals surface area contributed by atoms with Crippen LogP contribution in [0.15, 0.2) is 0 Å². The Hall–Kier alpha value is -0.550. The molecule has 0 atom stereocenters. The number of hydrogen-bond donors (Lipinski definition) is 0. The second-order valence-electron chi connectivity index (χ2n) is 4.65. The fourth-order valence-electron chi connectivity index (χ4n) is 2.74. The summed E-state index contributed by atoms with van der Waals surface area (Å²) in [5, 5.41) is 6.25. The molecule has 0 aromatic rings. The van der Waals surface area contributed by atoms with Crippen LogP contribution in [0, 0.1) is 11.8 Å². The van der Waals surface area contributed by atoms with E-state index in [0.29, 0.717) is 0 Å². The molecule has 0 aromatic heterocycles. The number of nitrogens with zero attached hydrogens (tertiary/aromatic N) is 2. The van der Waals surface area contributed by atoms with Gasteiger partial charge in [0.25, 0.3) is 0 Å². The molecule has 0 aliphatic carbocycles. The summed E-state index contributed by atoms with van der Waals surface area (Å²) in [4.78, 5) is 0. The summed E-state index contributed by atoms with van der Waals surface area (Å²) < 4.78 is 1.45. The fourth-order valence-corrected chi connectivity index (χ4v) is 2.74. The highest BCUT2D eigenvalue weighted by atomic mass is 15.4. The molecular weight excluding hydrogens is 184 g/mol. The third-order valence-electron chi connectivity index (χ3n) is 3.45. The van der Waals surface area contributed by atoms with E-state index >= 15 is 0 Å². The van der Waals surface area contributed by atoms with E-state index in [9.17, 15) is 0 Å². The summed E-state index contributed by atoms with van der Waals surface area (Å²) in [5.41, 5.74) is 0. The highest BCUT2D eigenvalue weighted by molar-refractivity contribution is 4.55. The van der Waals surface area contributed by atoms with Crippen molar-refractivity contribution in [2.75, 3.05) is 26.2 Å². The number of unbranched alkanes of at least 4 members (excludes halogenated alkanes) is 2. The monoisotopic (exact) mass is 210 g/mol. The Morgan fingerprint density at radius 1 is 0.933 bits per heavy atom. The van der Waals surface area contributed by atoms with Crippen LogP contribution in [0.3, 0.4) is 0 Å².